The van der Waals surface area contributed by atoms with Crippen LogP contribution in [0.5, 0.6) is 0 Å². The Morgan fingerprint density at radius 1 is 0.900 bits per heavy atom. The lowest BCUT2D eigenvalue weighted by Crippen LogP contribution is -3.20. The van der Waals surface area contributed by atoms with Crippen LogP contribution in [0.25, 0.3) is 0 Å². The average Bonchev–Trinajstić information content (AvgIpc) is 2.51. The lowest BCUT2D eigenvalue weighted by Gasteiger charge is -2.36. The van der Waals surface area contributed by atoms with E-state index in [0.29, 0.717) is 0 Å². The van der Waals surface area contributed by atoms with Crippen LogP contribution in [-0.2, 0) is 6.54 Å². The van der Waals surface area contributed by atoms with Crippen LogP contribution in [0.2, 0.25) is 0 Å². The van der Waals surface area contributed by atoms with Crippen molar-refractivity contribution in [1.29, 1.82) is 0 Å². The molecule has 2 saturated heterocycles. The molecule has 0 saturated carbocycles. The molecule has 110 valence electrons. The molecule has 3 heteroatoms. The van der Waals surface area contributed by atoms with Gasteiger partial charge in [0, 0.05) is 22.9 Å². The zero-order chi connectivity index (χ0) is 13.8. The summed E-state index contributed by atoms with van der Waals surface area (Å²) in [6, 6.07) is 9.82. The lowest BCUT2D eigenvalue weighted by molar-refractivity contribution is -0.965. The van der Waals surface area contributed by atoms with Crippen LogP contribution in [0.3, 0.4) is 0 Å². The monoisotopic (exact) mass is 338 g/mol. The van der Waals surface area contributed by atoms with Crippen molar-refractivity contribution >= 4 is 15.9 Å². The molecule has 0 aliphatic carbocycles. The topological polar surface area (TPSA) is 8.88 Å². The largest absolute Gasteiger partial charge is 0.332 e. The molecule has 0 atom stereocenters. The summed E-state index contributed by atoms with van der Waals surface area (Å²) in [6.07, 6.45) is 7.25. The van der Waals surface area contributed by atoms with Gasteiger partial charge in [-0.3, -0.25) is 0 Å². The molecule has 0 aromatic heterocycles. The Balaban J connectivity index is 1.47. The van der Waals surface area contributed by atoms with Gasteiger partial charge in [0.05, 0.1) is 32.2 Å². The SMILES string of the molecule is Brc1ccc(C[NH+]2CCC([NH+]3CCCCC3)CC2)cc1. The molecule has 1 aromatic rings. The Labute approximate surface area is 131 Å². The van der Waals surface area contributed by atoms with Gasteiger partial charge in [-0.2, -0.15) is 0 Å². The van der Waals surface area contributed by atoms with Crippen LogP contribution in [0, 0.1) is 0 Å². The number of quaternary nitrogens is 2. The first-order valence-electron chi connectivity index (χ1n) is 8.24. The van der Waals surface area contributed by atoms with Crippen molar-refractivity contribution in [2.45, 2.75) is 44.7 Å². The number of rotatable bonds is 3. The molecular weight excluding hydrogens is 312 g/mol. The van der Waals surface area contributed by atoms with E-state index in [1.165, 1.54) is 74.9 Å². The fraction of sp³-hybridized carbons (Fsp3) is 0.647. The number of hydrogen-bond acceptors (Lipinski definition) is 0. The van der Waals surface area contributed by atoms with E-state index in [4.69, 9.17) is 0 Å². The summed E-state index contributed by atoms with van der Waals surface area (Å²) in [4.78, 5) is 3.69. The van der Waals surface area contributed by atoms with Gasteiger partial charge in [-0.05, 0) is 31.4 Å². The second-order valence-corrected chi connectivity index (χ2v) is 7.46. The van der Waals surface area contributed by atoms with Crippen molar-refractivity contribution < 1.29 is 9.80 Å². The van der Waals surface area contributed by atoms with E-state index in [1.807, 2.05) is 4.90 Å². The highest BCUT2D eigenvalue weighted by Gasteiger charge is 2.30. The molecule has 2 N–H and O–H groups in total. The molecule has 0 bridgehead atoms. The fourth-order valence-corrected chi connectivity index (χ4v) is 4.18. The highest BCUT2D eigenvalue weighted by molar-refractivity contribution is 9.10. The van der Waals surface area contributed by atoms with Gasteiger partial charge >= 0.3 is 0 Å². The predicted octanol–water partition coefficient (Wildman–Crippen LogP) is 1.07. The normalized spacial score (nSPS) is 28.4. The maximum atomic E-state index is 3.51. The molecular formula is C17H27BrN2+2. The van der Waals surface area contributed by atoms with Crippen molar-refractivity contribution in [3.8, 4) is 0 Å². The van der Waals surface area contributed by atoms with E-state index in [-0.39, 0.29) is 0 Å². The minimum absolute atomic E-state index is 0.962. The Kier molecular flexibility index (Phi) is 5.14. The second kappa shape index (κ2) is 7.06. The van der Waals surface area contributed by atoms with Gasteiger partial charge in [0.25, 0.3) is 0 Å². The quantitative estimate of drug-likeness (QED) is 0.815. The first-order chi connectivity index (χ1) is 9.81. The predicted molar refractivity (Wildman–Crippen MR) is 86.1 cm³/mol. The molecule has 0 amide bonds. The van der Waals surface area contributed by atoms with E-state index in [2.05, 4.69) is 40.2 Å². The molecule has 0 radical (unpaired) electrons. The molecule has 1 aromatic carbocycles. The van der Waals surface area contributed by atoms with Crippen LogP contribution >= 0.6 is 15.9 Å². The Morgan fingerprint density at radius 2 is 1.55 bits per heavy atom. The molecule has 20 heavy (non-hydrogen) atoms. The second-order valence-electron chi connectivity index (χ2n) is 6.55. The van der Waals surface area contributed by atoms with Gasteiger partial charge in [-0.15, -0.1) is 0 Å². The summed E-state index contributed by atoms with van der Waals surface area (Å²) in [5, 5.41) is 0. The van der Waals surface area contributed by atoms with Crippen molar-refractivity contribution in [2.24, 2.45) is 0 Å². The van der Waals surface area contributed by atoms with Crippen LogP contribution in [0.1, 0.15) is 37.7 Å². The summed E-state index contributed by atoms with van der Waals surface area (Å²) in [7, 11) is 0. The number of halogens is 1. The van der Waals surface area contributed by atoms with E-state index in [9.17, 15) is 0 Å². The van der Waals surface area contributed by atoms with Crippen molar-refractivity contribution in [2.75, 3.05) is 26.2 Å². The van der Waals surface area contributed by atoms with Crippen LogP contribution < -0.4 is 9.80 Å². The van der Waals surface area contributed by atoms with Gasteiger partial charge in [0.15, 0.2) is 0 Å². The number of likely N-dealkylation sites (tertiary alicyclic amines) is 2. The molecule has 2 aliphatic heterocycles. The Bertz CT molecular complexity index is 404. The summed E-state index contributed by atoms with van der Waals surface area (Å²) >= 11 is 3.51. The summed E-state index contributed by atoms with van der Waals surface area (Å²) in [6.45, 7) is 6.81. The third kappa shape index (κ3) is 3.84. The summed E-state index contributed by atoms with van der Waals surface area (Å²) in [5.74, 6) is 0. The Morgan fingerprint density at radius 3 is 2.20 bits per heavy atom. The highest BCUT2D eigenvalue weighted by Crippen LogP contribution is 2.10. The first-order valence-corrected chi connectivity index (χ1v) is 9.03. The van der Waals surface area contributed by atoms with Gasteiger partial charge in [-0.25, -0.2) is 0 Å². The maximum absolute atomic E-state index is 3.51. The van der Waals surface area contributed by atoms with Crippen molar-refractivity contribution in [3.63, 3.8) is 0 Å². The number of nitrogens with one attached hydrogen (secondary N) is 2. The first kappa shape index (κ1) is 14.6. The molecule has 3 rings (SSSR count). The third-order valence-corrected chi connectivity index (χ3v) is 5.66. The molecule has 0 spiro atoms. The lowest BCUT2D eigenvalue weighted by atomic mass is 9.99. The maximum Gasteiger partial charge on any atom is 0.103 e. The highest BCUT2D eigenvalue weighted by atomic mass is 79.9. The minimum Gasteiger partial charge on any atom is -0.332 e. The van der Waals surface area contributed by atoms with Crippen LogP contribution in [0.4, 0.5) is 0 Å². The third-order valence-electron chi connectivity index (χ3n) is 5.13. The number of hydrogen-bond donors (Lipinski definition) is 2. The van der Waals surface area contributed by atoms with Gasteiger partial charge in [-0.1, -0.05) is 28.1 Å². The zero-order valence-corrected chi connectivity index (χ0v) is 13.9. The van der Waals surface area contributed by atoms with Crippen molar-refractivity contribution in [3.05, 3.63) is 34.3 Å². The van der Waals surface area contributed by atoms with E-state index in [1.54, 1.807) is 4.90 Å². The van der Waals surface area contributed by atoms with Gasteiger partial charge in [0.2, 0.25) is 0 Å². The van der Waals surface area contributed by atoms with Gasteiger partial charge in [0.1, 0.15) is 6.54 Å². The average molecular weight is 339 g/mol. The fourth-order valence-electron chi connectivity index (χ4n) is 3.92. The number of benzene rings is 1. The van der Waals surface area contributed by atoms with Crippen LogP contribution in [-0.4, -0.2) is 32.2 Å². The standard InChI is InChI=1S/C17H25BrN2/c18-16-6-4-15(5-7-16)14-19-12-8-17(9-13-19)20-10-2-1-3-11-20/h4-7,17H,1-3,8-14H2/p+2. The Hall–Kier alpha value is -0.380. The van der Waals surface area contributed by atoms with Gasteiger partial charge < -0.3 is 9.80 Å². The molecule has 2 aliphatic rings. The van der Waals surface area contributed by atoms with Crippen molar-refractivity contribution in [1.82, 2.24) is 0 Å². The smallest absolute Gasteiger partial charge is 0.103 e. The summed E-state index contributed by atoms with van der Waals surface area (Å²) < 4.78 is 1.18. The van der Waals surface area contributed by atoms with E-state index in [0.717, 1.165) is 6.04 Å². The van der Waals surface area contributed by atoms with E-state index >= 15 is 0 Å². The summed E-state index contributed by atoms with van der Waals surface area (Å²) in [5.41, 5.74) is 1.48. The van der Waals surface area contributed by atoms with Crippen LogP contribution in [0.15, 0.2) is 28.7 Å². The minimum atomic E-state index is 0.962. The molecule has 2 fully saturated rings. The molecule has 0 unspecified atom stereocenters. The van der Waals surface area contributed by atoms with E-state index < -0.39 is 0 Å². The number of piperidine rings is 2. The zero-order valence-electron chi connectivity index (χ0n) is 12.3. The molecule has 2 nitrogen and oxygen atoms in total. The molecule has 2 heterocycles.